The minimum Gasteiger partial charge on any atom is -0.440 e. The molecule has 2 N–H and O–H groups in total. The number of nitrogens with zero attached hydrogens (tertiary/aromatic N) is 2. The van der Waals surface area contributed by atoms with Crippen LogP contribution in [0.4, 0.5) is 5.69 Å². The van der Waals surface area contributed by atoms with Gasteiger partial charge >= 0.3 is 0 Å². The first-order valence-electron chi connectivity index (χ1n) is 3.74. The highest BCUT2D eigenvalue weighted by Crippen LogP contribution is 2.31. The number of anilines is 1. The van der Waals surface area contributed by atoms with Crippen molar-refractivity contribution in [3.8, 4) is 0 Å². The van der Waals surface area contributed by atoms with E-state index >= 15 is 0 Å². The van der Waals surface area contributed by atoms with Crippen LogP contribution in [-0.2, 0) is 0 Å². The van der Waals surface area contributed by atoms with E-state index in [4.69, 9.17) is 10.2 Å². The van der Waals surface area contributed by atoms with Crippen LogP contribution in [0.5, 0.6) is 0 Å². The Bertz CT molecular complexity index is 432. The average molecular weight is 272 g/mol. The van der Waals surface area contributed by atoms with Gasteiger partial charge in [0.2, 0.25) is 0 Å². The number of halogens is 1. The third-order valence-corrected chi connectivity index (χ3v) is 3.18. The van der Waals surface area contributed by atoms with Gasteiger partial charge in [0.05, 0.1) is 22.6 Å². The fourth-order valence-corrected chi connectivity index (χ4v) is 2.11. The first-order valence-corrected chi connectivity index (χ1v) is 5.35. The molecule has 0 atom stereocenters. The van der Waals surface area contributed by atoms with Gasteiger partial charge in [-0.1, -0.05) is 0 Å². The van der Waals surface area contributed by atoms with Crippen molar-refractivity contribution in [2.75, 3.05) is 5.73 Å². The maximum Gasteiger partial charge on any atom is 0.261 e. The normalized spacial score (nSPS) is 10.4. The zero-order chi connectivity index (χ0) is 9.97. The molecule has 0 fully saturated rings. The second-order valence-electron chi connectivity index (χ2n) is 2.46. The van der Waals surface area contributed by atoms with Gasteiger partial charge < -0.3 is 10.2 Å². The van der Waals surface area contributed by atoms with E-state index < -0.39 is 0 Å². The Balaban J connectivity index is 2.25. The van der Waals surface area contributed by atoms with Gasteiger partial charge in [-0.2, -0.15) is 0 Å². The van der Waals surface area contributed by atoms with Gasteiger partial charge in [-0.3, -0.25) is 0 Å². The Labute approximate surface area is 93.1 Å². The van der Waals surface area contributed by atoms with Crippen LogP contribution in [0.25, 0.3) is 0 Å². The van der Waals surface area contributed by atoms with Crippen molar-refractivity contribution in [3.63, 3.8) is 0 Å². The van der Waals surface area contributed by atoms with Crippen LogP contribution < -0.4 is 5.73 Å². The van der Waals surface area contributed by atoms with Crippen LogP contribution in [0, 0.1) is 0 Å². The maximum absolute atomic E-state index is 5.56. The van der Waals surface area contributed by atoms with Gasteiger partial charge in [0, 0.05) is 0 Å². The molecule has 0 spiro atoms. The summed E-state index contributed by atoms with van der Waals surface area (Å²) in [7, 11) is 0. The van der Waals surface area contributed by atoms with Crippen molar-refractivity contribution in [2.45, 2.75) is 10.2 Å². The van der Waals surface area contributed by atoms with E-state index in [1.54, 1.807) is 18.5 Å². The third-order valence-electron chi connectivity index (χ3n) is 1.42. The summed E-state index contributed by atoms with van der Waals surface area (Å²) >= 11 is 4.70. The van der Waals surface area contributed by atoms with Crippen LogP contribution >= 0.6 is 27.7 Å². The fourth-order valence-electron chi connectivity index (χ4n) is 0.859. The number of oxazole rings is 1. The van der Waals surface area contributed by atoms with Gasteiger partial charge in [-0.15, -0.1) is 0 Å². The molecule has 0 saturated carbocycles. The number of aromatic nitrogens is 2. The van der Waals surface area contributed by atoms with Crippen molar-refractivity contribution >= 4 is 33.4 Å². The molecule has 72 valence electrons. The number of nitrogen functional groups attached to an aromatic ring is 1. The highest BCUT2D eigenvalue weighted by Gasteiger charge is 2.07. The molecule has 0 radical (unpaired) electrons. The quantitative estimate of drug-likeness (QED) is 0.910. The topological polar surface area (TPSA) is 64.9 Å². The number of hydrogen-bond donors (Lipinski definition) is 1. The SMILES string of the molecule is Nc1cnc(Sc2ncco2)c(Br)c1. The summed E-state index contributed by atoms with van der Waals surface area (Å²) in [5, 5.41) is 1.34. The first kappa shape index (κ1) is 9.54. The summed E-state index contributed by atoms with van der Waals surface area (Å²) < 4.78 is 5.92. The average Bonchev–Trinajstić information content (AvgIpc) is 2.62. The van der Waals surface area contributed by atoms with Crippen LogP contribution in [-0.4, -0.2) is 9.97 Å². The lowest BCUT2D eigenvalue weighted by atomic mass is 10.4. The molecule has 0 bridgehead atoms. The predicted octanol–water partition coefficient (Wildman–Crippen LogP) is 2.57. The Morgan fingerprint density at radius 3 is 2.93 bits per heavy atom. The van der Waals surface area contributed by atoms with Gasteiger partial charge in [-0.25, -0.2) is 9.97 Å². The molecule has 14 heavy (non-hydrogen) atoms. The second kappa shape index (κ2) is 4.02. The largest absolute Gasteiger partial charge is 0.440 e. The molecule has 0 aliphatic carbocycles. The van der Waals surface area contributed by atoms with Crippen molar-refractivity contribution in [1.29, 1.82) is 0 Å². The lowest BCUT2D eigenvalue weighted by Crippen LogP contribution is -1.88. The molecule has 2 heterocycles. The van der Waals surface area contributed by atoms with E-state index in [1.165, 1.54) is 18.0 Å². The van der Waals surface area contributed by atoms with Crippen LogP contribution in [0.3, 0.4) is 0 Å². The summed E-state index contributed by atoms with van der Waals surface area (Å²) in [5.41, 5.74) is 6.18. The zero-order valence-corrected chi connectivity index (χ0v) is 9.38. The van der Waals surface area contributed by atoms with Gasteiger partial charge in [0.15, 0.2) is 0 Å². The minimum absolute atomic E-state index is 0.558. The Morgan fingerprint density at radius 2 is 2.29 bits per heavy atom. The molecule has 0 aromatic carbocycles. The molecular weight excluding hydrogens is 266 g/mol. The van der Waals surface area contributed by atoms with Crippen molar-refractivity contribution < 1.29 is 4.42 Å². The van der Waals surface area contributed by atoms with Gasteiger partial charge in [0.25, 0.3) is 5.22 Å². The lowest BCUT2D eigenvalue weighted by molar-refractivity contribution is 0.454. The number of nitrogens with two attached hydrogens (primary N) is 1. The molecule has 0 saturated heterocycles. The molecular formula is C8H6BrN3OS. The molecule has 6 heteroatoms. The Hall–Kier alpha value is -1.01. The van der Waals surface area contributed by atoms with E-state index in [0.29, 0.717) is 10.9 Å². The maximum atomic E-state index is 5.56. The van der Waals surface area contributed by atoms with E-state index in [-0.39, 0.29) is 0 Å². The number of hydrogen-bond acceptors (Lipinski definition) is 5. The molecule has 0 unspecified atom stereocenters. The smallest absolute Gasteiger partial charge is 0.261 e. The van der Waals surface area contributed by atoms with E-state index in [1.807, 2.05) is 0 Å². The van der Waals surface area contributed by atoms with Crippen molar-refractivity contribution in [3.05, 3.63) is 29.2 Å². The first-order chi connectivity index (χ1) is 6.75. The molecule has 2 aromatic rings. The van der Waals surface area contributed by atoms with Gasteiger partial charge in [0.1, 0.15) is 11.3 Å². The van der Waals surface area contributed by atoms with Crippen molar-refractivity contribution in [1.82, 2.24) is 9.97 Å². The standard InChI is InChI=1S/C8H6BrN3OS/c9-6-3-5(10)4-12-7(6)14-8-11-1-2-13-8/h1-4H,10H2. The Morgan fingerprint density at radius 1 is 1.43 bits per heavy atom. The van der Waals surface area contributed by atoms with E-state index in [2.05, 4.69) is 25.9 Å². The summed E-state index contributed by atoms with van der Waals surface area (Å²) in [6.07, 6.45) is 4.71. The minimum atomic E-state index is 0.558. The zero-order valence-electron chi connectivity index (χ0n) is 6.98. The molecule has 2 rings (SSSR count). The predicted molar refractivity (Wildman–Crippen MR) is 57.0 cm³/mol. The molecule has 0 aliphatic heterocycles. The van der Waals surface area contributed by atoms with Crippen LogP contribution in [0.2, 0.25) is 0 Å². The summed E-state index contributed by atoms with van der Waals surface area (Å²) in [5.74, 6) is 0. The number of pyridine rings is 1. The number of rotatable bonds is 2. The van der Waals surface area contributed by atoms with E-state index in [0.717, 1.165) is 9.50 Å². The highest BCUT2D eigenvalue weighted by molar-refractivity contribution is 9.10. The third kappa shape index (κ3) is 2.08. The Kier molecular flexibility index (Phi) is 2.74. The fraction of sp³-hybridized carbons (Fsp3) is 0. The van der Waals surface area contributed by atoms with Crippen molar-refractivity contribution in [2.24, 2.45) is 0 Å². The lowest BCUT2D eigenvalue weighted by Gasteiger charge is -2.00. The molecule has 2 aromatic heterocycles. The van der Waals surface area contributed by atoms with Crippen LogP contribution in [0.15, 0.2) is 43.9 Å². The van der Waals surface area contributed by atoms with E-state index in [9.17, 15) is 0 Å². The van der Waals surface area contributed by atoms with Crippen LogP contribution in [0.1, 0.15) is 0 Å². The molecule has 0 amide bonds. The summed E-state index contributed by atoms with van der Waals surface area (Å²) in [4.78, 5) is 8.12. The molecule has 0 aliphatic rings. The highest BCUT2D eigenvalue weighted by atomic mass is 79.9. The summed E-state index contributed by atoms with van der Waals surface area (Å²) in [6, 6.07) is 1.79. The van der Waals surface area contributed by atoms with Gasteiger partial charge in [-0.05, 0) is 33.8 Å². The second-order valence-corrected chi connectivity index (χ2v) is 4.25. The molecule has 4 nitrogen and oxygen atoms in total. The summed E-state index contributed by atoms with van der Waals surface area (Å²) in [6.45, 7) is 0. The monoisotopic (exact) mass is 271 g/mol.